The zero-order chi connectivity index (χ0) is 60.0. The van der Waals surface area contributed by atoms with Gasteiger partial charge in [0.2, 0.25) is 17.7 Å². The molecule has 0 saturated carbocycles. The number of likely N-dealkylation sites (N-methyl/N-ethyl adjacent to an activating group) is 1. The van der Waals surface area contributed by atoms with Crippen LogP contribution < -0.4 is 31.9 Å². The fourth-order valence-corrected chi connectivity index (χ4v) is 2.47. The largest absolute Gasteiger partial charge is 0.466 e. The van der Waals surface area contributed by atoms with E-state index in [2.05, 4.69) is 60.0 Å². The number of methoxy groups -OCH3 is 1. The minimum absolute atomic E-state index is 0.0169. The van der Waals surface area contributed by atoms with Crippen LogP contribution in [-0.2, 0) is 71.7 Å². The van der Waals surface area contributed by atoms with E-state index in [1.54, 1.807) is 54.9 Å². The van der Waals surface area contributed by atoms with Crippen LogP contribution >= 0.6 is 0 Å². The Morgan fingerprint density at radius 1 is 0.466 bits per heavy atom. The fraction of sp³-hybridized carbons (Fsp3) is 0.725. The van der Waals surface area contributed by atoms with Crippen molar-refractivity contribution in [1.82, 2.24) is 31.9 Å². The first kappa shape index (κ1) is 93.4. The zero-order valence-electron chi connectivity index (χ0n) is 49.3. The molecule has 4 amide bonds. The van der Waals surface area contributed by atoms with Gasteiger partial charge in [0.25, 0.3) is 0 Å². The number of alkyl carbamates (subject to hydrolysis) is 1. The van der Waals surface area contributed by atoms with Crippen molar-refractivity contribution < 1.29 is 76.5 Å². The van der Waals surface area contributed by atoms with Gasteiger partial charge in [-0.2, -0.15) is 0 Å². The van der Waals surface area contributed by atoms with Gasteiger partial charge in [-0.25, -0.2) is 4.79 Å². The third-order valence-corrected chi connectivity index (χ3v) is 5.64. The quantitative estimate of drug-likeness (QED) is 0.0363. The number of carbonyl (C=O) groups excluding carboxylic acids is 12. The van der Waals surface area contributed by atoms with Crippen molar-refractivity contribution in [2.75, 3.05) is 86.6 Å². The van der Waals surface area contributed by atoms with Crippen LogP contribution in [0.3, 0.4) is 0 Å². The number of amides is 4. The Balaban J connectivity index is -0.0000000650. The van der Waals surface area contributed by atoms with Crippen molar-refractivity contribution in [3.63, 3.8) is 0 Å². The van der Waals surface area contributed by atoms with Crippen LogP contribution in [0.2, 0.25) is 0 Å². The van der Waals surface area contributed by atoms with E-state index >= 15 is 0 Å². The fourth-order valence-electron chi connectivity index (χ4n) is 2.47. The lowest BCUT2D eigenvalue weighted by Crippen LogP contribution is -2.28. The van der Waals surface area contributed by atoms with E-state index in [4.69, 9.17) is 4.74 Å². The van der Waals surface area contributed by atoms with Gasteiger partial charge in [-0.3, -0.25) is 53.3 Å². The normalized spacial score (nSPS) is 8.41. The van der Waals surface area contributed by atoms with Crippen LogP contribution in [0.1, 0.15) is 164 Å². The first-order valence-electron chi connectivity index (χ1n) is 24.3. The van der Waals surface area contributed by atoms with Crippen LogP contribution in [0.15, 0.2) is 12.2 Å². The maximum Gasteiger partial charge on any atom is 0.407 e. The Morgan fingerprint density at radius 3 is 1.04 bits per heavy atom. The van der Waals surface area contributed by atoms with Crippen molar-refractivity contribution in [2.45, 2.75) is 164 Å². The van der Waals surface area contributed by atoms with Crippen molar-refractivity contribution in [1.29, 1.82) is 0 Å². The molecule has 6 N–H and O–H groups in total. The number of esters is 1. The lowest BCUT2D eigenvalue weighted by molar-refractivity contribution is -0.140. The highest BCUT2D eigenvalue weighted by Crippen LogP contribution is 1.77. The van der Waals surface area contributed by atoms with Gasteiger partial charge < -0.3 is 50.3 Å². The second-order valence-electron chi connectivity index (χ2n) is 13.9. The Labute approximate surface area is 440 Å². The molecule has 0 aromatic rings. The maximum atomic E-state index is 10.5. The summed E-state index contributed by atoms with van der Waals surface area (Å²) in [5.74, 6) is 0.508. The van der Waals surface area contributed by atoms with Crippen LogP contribution in [0.25, 0.3) is 0 Å². The average molecular weight is 1060 g/mol. The van der Waals surface area contributed by atoms with Crippen LogP contribution in [0, 0.1) is 0 Å². The number of rotatable bonds is 21. The molecule has 0 aromatic carbocycles. The number of nitrogens with one attached hydrogen (secondary N) is 6. The smallest absolute Gasteiger partial charge is 0.407 e. The number of allylic oxidation sites excluding steroid dienone is 2. The summed E-state index contributed by atoms with van der Waals surface area (Å²) in [5.41, 5.74) is 0. The van der Waals surface area contributed by atoms with Gasteiger partial charge in [0, 0.05) is 60.4 Å². The summed E-state index contributed by atoms with van der Waals surface area (Å²) in [5, 5.41) is 15.4. The summed E-state index contributed by atoms with van der Waals surface area (Å²) in [6, 6.07) is 0. The van der Waals surface area contributed by atoms with Crippen LogP contribution in [0.4, 0.5) is 4.79 Å². The van der Waals surface area contributed by atoms with Crippen LogP contribution in [-0.4, -0.2) is 157 Å². The summed E-state index contributed by atoms with van der Waals surface area (Å²) in [6.07, 6.45) is 5.64. The molecular formula is C51H104N6O16. The van der Waals surface area contributed by atoms with Crippen molar-refractivity contribution in [2.24, 2.45) is 0 Å². The topological polar surface area (TPSA) is 314 Å². The zero-order valence-corrected chi connectivity index (χ0v) is 49.3. The number of hydrogen-bond acceptors (Lipinski definition) is 18. The monoisotopic (exact) mass is 1060 g/mol. The second kappa shape index (κ2) is 86.2. The molecule has 0 saturated heterocycles. The van der Waals surface area contributed by atoms with E-state index in [1.807, 2.05) is 41.5 Å². The van der Waals surface area contributed by atoms with Crippen molar-refractivity contribution in [3.8, 4) is 0 Å². The number of carbonyl (C=O) groups is 12. The maximum absolute atomic E-state index is 10.5. The third-order valence-electron chi connectivity index (χ3n) is 5.64. The predicted octanol–water partition coefficient (Wildman–Crippen LogP) is 5.40. The molecule has 0 radical (unpaired) electrons. The molecule has 22 nitrogen and oxygen atoms in total. The molecule has 434 valence electrons. The molecule has 0 spiro atoms. The first-order chi connectivity index (χ1) is 33.9. The summed E-state index contributed by atoms with van der Waals surface area (Å²) in [4.78, 5) is 121. The Hall–Kier alpha value is -5.58. The van der Waals surface area contributed by atoms with Crippen molar-refractivity contribution in [3.05, 3.63) is 12.2 Å². The van der Waals surface area contributed by atoms with Crippen LogP contribution in [0.5, 0.6) is 0 Å². The Bertz CT molecular complexity index is 1350. The molecule has 0 rings (SSSR count). The molecular weight excluding hydrogens is 953 g/mol. The van der Waals surface area contributed by atoms with Gasteiger partial charge in [0.1, 0.15) is 35.5 Å². The van der Waals surface area contributed by atoms with Gasteiger partial charge in [0.05, 0.1) is 46.1 Å². The van der Waals surface area contributed by atoms with E-state index in [9.17, 15) is 57.5 Å². The van der Waals surface area contributed by atoms with E-state index in [0.717, 1.165) is 13.1 Å². The first-order valence-corrected chi connectivity index (χ1v) is 24.3. The van der Waals surface area contributed by atoms with Gasteiger partial charge in [0.15, 0.2) is 11.6 Å². The molecule has 0 heterocycles. The second-order valence-corrected chi connectivity index (χ2v) is 13.9. The summed E-state index contributed by atoms with van der Waals surface area (Å²) in [7, 11) is 3.21. The Kier molecular flexibility index (Phi) is 110. The number of hydrogen-bond donors (Lipinski definition) is 6. The van der Waals surface area contributed by atoms with E-state index < -0.39 is 6.09 Å². The lowest BCUT2D eigenvalue weighted by atomic mass is 10.4. The molecule has 0 fully saturated rings. The van der Waals surface area contributed by atoms with E-state index in [1.165, 1.54) is 61.0 Å². The van der Waals surface area contributed by atoms with Crippen molar-refractivity contribution >= 4 is 70.3 Å². The van der Waals surface area contributed by atoms with Gasteiger partial charge >= 0.3 is 12.1 Å². The van der Waals surface area contributed by atoms with Gasteiger partial charge in [-0.15, -0.1) is 0 Å². The molecule has 0 aliphatic rings. The lowest BCUT2D eigenvalue weighted by Gasteiger charge is -2.00. The molecule has 22 heteroatoms. The highest BCUT2D eigenvalue weighted by atomic mass is 16.5. The Morgan fingerprint density at radius 2 is 0.877 bits per heavy atom. The molecule has 0 bridgehead atoms. The van der Waals surface area contributed by atoms with E-state index in [0.29, 0.717) is 58.9 Å². The molecule has 0 aromatic heterocycles. The number of ether oxygens (including phenoxy) is 4. The molecule has 0 aliphatic carbocycles. The highest BCUT2D eigenvalue weighted by Gasteiger charge is 1.99. The SMILES string of the molecule is CC=CC(C)=O.CCC.CCC(=O)NC.CCC(=O)NCC(C)=O.CCC(C)=O.CCNC(C)=O.CCNCC(C)=O.CCOC(=O)NCC(C)=O.CCOC(C)=O.CCOCC(C)=O.COCNCC(C)=O. The molecule has 0 unspecified atom stereocenters. The van der Waals surface area contributed by atoms with Gasteiger partial charge in [-0.05, 0) is 95.7 Å². The summed E-state index contributed by atoms with van der Waals surface area (Å²) < 4.78 is 18.3. The summed E-state index contributed by atoms with van der Waals surface area (Å²) >= 11 is 0. The standard InChI is InChI=1S/C6H11NO3.C6H11NO2.C5H11NO2.C5H11NO.C5H10O2.C5H8O.2C4H9NO.C4H8O2.C4H8O.C3H8/c1-3-10-6(9)7-4-5(2)8;1-3-6(9)7-4-5(2)8;1-5(7)3-6-4-8-2;1-3-6-4-5(2)7;1-3-7-4-5(2)6;1-3-4-5(2)6;1-3-4(6)5-2;1-3-5-4(2)6;1-3-6-4(2)5;1-3-4(2)5;1-3-2/h3-4H2,1-2H3,(H,7,9);3-4H2,1-2H3,(H,7,9);6H,3-4H2,1-2H3;6H,3-4H2,1-2H3;3-4H2,1-2H3;3-4H,1-2H3;2*3H2,1-2H3,(H,5,6);3H2,1-2H3;3H2,1-2H3;3H2,1-2H3. The molecule has 0 aliphatic heterocycles. The molecule has 73 heavy (non-hydrogen) atoms. The van der Waals surface area contributed by atoms with Gasteiger partial charge in [-0.1, -0.05) is 54.0 Å². The minimum Gasteiger partial charge on any atom is -0.466 e. The van der Waals surface area contributed by atoms with E-state index in [-0.39, 0.29) is 83.9 Å². The minimum atomic E-state index is -0.544. The molecule has 0 atom stereocenters. The predicted molar refractivity (Wildman–Crippen MR) is 290 cm³/mol. The highest BCUT2D eigenvalue weighted by molar-refractivity contribution is 5.87. The number of ketones is 7. The average Bonchev–Trinajstić information content (AvgIpc) is 3.30. The third kappa shape index (κ3) is 197. The summed E-state index contributed by atoms with van der Waals surface area (Å²) in [6.45, 7) is 39.0. The number of Topliss-reactive ketones (excluding diaryl/α,β-unsaturated/α-hetero) is 6.